The van der Waals surface area contributed by atoms with Crippen molar-refractivity contribution in [1.82, 2.24) is 0 Å². The minimum Gasteiger partial charge on any atom is -0.303 e. The van der Waals surface area contributed by atoms with E-state index in [2.05, 4.69) is 48.6 Å². The van der Waals surface area contributed by atoms with E-state index >= 15 is 0 Å². The highest BCUT2D eigenvalue weighted by Crippen LogP contribution is 2.19. The Balaban J connectivity index is 2.92. The number of carbonyl (C=O) groups excluding carboxylic acids is 1. The number of rotatable bonds is 3. The van der Waals surface area contributed by atoms with Crippen LogP contribution in [-0.4, -0.2) is 6.29 Å². The molecule has 1 rings (SSSR count). The molecule has 0 unspecified atom stereocenters. The number of hydrogen-bond acceptors (Lipinski definition) is 1. The Labute approximate surface area is 92.7 Å². The van der Waals surface area contributed by atoms with Crippen LogP contribution in [0.4, 0.5) is 0 Å². The molecule has 0 saturated carbocycles. The highest BCUT2D eigenvalue weighted by molar-refractivity contribution is 14.1. The quantitative estimate of drug-likeness (QED) is 0.617. The monoisotopic (exact) mass is 288 g/mol. The summed E-state index contributed by atoms with van der Waals surface area (Å²) >= 11 is 2.35. The van der Waals surface area contributed by atoms with Crippen LogP contribution in [0.15, 0.2) is 12.1 Å². The van der Waals surface area contributed by atoms with Gasteiger partial charge in [0.2, 0.25) is 0 Å². The van der Waals surface area contributed by atoms with Gasteiger partial charge in [-0.25, -0.2) is 0 Å². The lowest BCUT2D eigenvalue weighted by Gasteiger charge is -2.06. The van der Waals surface area contributed by atoms with E-state index in [4.69, 9.17) is 0 Å². The van der Waals surface area contributed by atoms with E-state index < -0.39 is 0 Å². The zero-order chi connectivity index (χ0) is 9.84. The summed E-state index contributed by atoms with van der Waals surface area (Å²) in [6, 6.07) is 4.33. The average molecular weight is 288 g/mol. The molecule has 0 saturated heterocycles. The molecule has 1 nitrogen and oxygen atoms in total. The molecule has 13 heavy (non-hydrogen) atoms. The van der Waals surface area contributed by atoms with Crippen molar-refractivity contribution >= 4 is 28.9 Å². The van der Waals surface area contributed by atoms with Crippen LogP contribution < -0.4 is 0 Å². The maximum Gasteiger partial charge on any atom is 0.120 e. The van der Waals surface area contributed by atoms with Gasteiger partial charge < -0.3 is 4.79 Å². The van der Waals surface area contributed by atoms with Gasteiger partial charge in [-0.2, -0.15) is 0 Å². The minimum absolute atomic E-state index is 0.624. The van der Waals surface area contributed by atoms with Gasteiger partial charge in [-0.3, -0.25) is 0 Å². The van der Waals surface area contributed by atoms with Gasteiger partial charge in [0.25, 0.3) is 0 Å². The van der Waals surface area contributed by atoms with Crippen LogP contribution in [0.25, 0.3) is 0 Å². The molecule has 0 spiro atoms. The zero-order valence-electron chi connectivity index (χ0n) is 7.93. The van der Waals surface area contributed by atoms with Crippen LogP contribution in [-0.2, 0) is 11.2 Å². The molecule has 0 atom stereocenters. The van der Waals surface area contributed by atoms with Gasteiger partial charge in [0, 0.05) is 9.99 Å². The first-order valence-corrected chi connectivity index (χ1v) is 5.42. The number of aldehydes is 1. The summed E-state index contributed by atoms with van der Waals surface area (Å²) < 4.78 is 1.33. The Bertz CT molecular complexity index is 295. The van der Waals surface area contributed by atoms with E-state index in [-0.39, 0.29) is 0 Å². The second kappa shape index (κ2) is 4.74. The maximum atomic E-state index is 10.2. The first-order chi connectivity index (χ1) is 6.15. The highest BCUT2D eigenvalue weighted by atomic mass is 127. The lowest BCUT2D eigenvalue weighted by molar-refractivity contribution is -0.107. The molecule has 0 aliphatic rings. The summed E-state index contributed by atoms with van der Waals surface area (Å²) in [5.41, 5.74) is 3.88. The molecule has 0 N–H and O–H groups in total. The van der Waals surface area contributed by atoms with E-state index in [1.54, 1.807) is 0 Å². The first-order valence-electron chi connectivity index (χ1n) is 4.34. The summed E-state index contributed by atoms with van der Waals surface area (Å²) in [6.07, 6.45) is 2.46. The van der Waals surface area contributed by atoms with E-state index in [1.165, 1.54) is 20.3 Å². The summed E-state index contributed by atoms with van der Waals surface area (Å²) in [6.45, 7) is 4.22. The molecular formula is C11H13IO. The SMILES string of the molecule is Cc1cc(CCC=O)cc(C)c1I. The van der Waals surface area contributed by atoms with Crippen molar-refractivity contribution in [2.75, 3.05) is 0 Å². The largest absolute Gasteiger partial charge is 0.303 e. The van der Waals surface area contributed by atoms with E-state index in [1.807, 2.05) is 0 Å². The lowest BCUT2D eigenvalue weighted by Crippen LogP contribution is -1.92. The van der Waals surface area contributed by atoms with E-state index in [0.717, 1.165) is 12.7 Å². The fourth-order valence-electron chi connectivity index (χ4n) is 1.41. The molecule has 1 aromatic rings. The van der Waals surface area contributed by atoms with Crippen LogP contribution >= 0.6 is 22.6 Å². The third-order valence-electron chi connectivity index (χ3n) is 2.05. The molecule has 2 heteroatoms. The average Bonchev–Trinajstić information content (AvgIpc) is 2.10. The van der Waals surface area contributed by atoms with Crippen molar-refractivity contribution in [3.63, 3.8) is 0 Å². The number of carbonyl (C=O) groups is 1. The third kappa shape index (κ3) is 2.79. The molecule has 70 valence electrons. The van der Waals surface area contributed by atoms with Crippen LogP contribution in [0.2, 0.25) is 0 Å². The molecule has 1 aromatic carbocycles. The van der Waals surface area contributed by atoms with Crippen LogP contribution in [0.1, 0.15) is 23.1 Å². The summed E-state index contributed by atoms with van der Waals surface area (Å²) in [7, 11) is 0. The van der Waals surface area contributed by atoms with Crippen LogP contribution in [0, 0.1) is 17.4 Å². The second-order valence-corrected chi connectivity index (χ2v) is 4.33. The van der Waals surface area contributed by atoms with Crippen molar-refractivity contribution in [2.24, 2.45) is 0 Å². The van der Waals surface area contributed by atoms with Crippen molar-refractivity contribution < 1.29 is 4.79 Å². The van der Waals surface area contributed by atoms with E-state index in [0.29, 0.717) is 6.42 Å². The molecule has 0 heterocycles. The van der Waals surface area contributed by atoms with Crippen LogP contribution in [0.5, 0.6) is 0 Å². The standard InChI is InChI=1S/C11H13IO/c1-8-6-10(4-3-5-13)7-9(2)11(8)12/h5-7H,3-4H2,1-2H3. The maximum absolute atomic E-state index is 10.2. The summed E-state index contributed by atoms with van der Waals surface area (Å²) in [5.74, 6) is 0. The third-order valence-corrected chi connectivity index (χ3v) is 3.75. The molecule has 0 aliphatic heterocycles. The fraction of sp³-hybridized carbons (Fsp3) is 0.364. The van der Waals surface area contributed by atoms with Gasteiger partial charge in [0.05, 0.1) is 0 Å². The topological polar surface area (TPSA) is 17.1 Å². The van der Waals surface area contributed by atoms with Crippen molar-refractivity contribution in [3.05, 3.63) is 32.4 Å². The molecule has 0 fully saturated rings. The molecule has 0 aliphatic carbocycles. The van der Waals surface area contributed by atoms with Crippen molar-refractivity contribution in [3.8, 4) is 0 Å². The lowest BCUT2D eigenvalue weighted by atomic mass is 10.0. The smallest absolute Gasteiger partial charge is 0.120 e. The molecule has 0 amide bonds. The minimum atomic E-state index is 0.624. The number of benzene rings is 1. The second-order valence-electron chi connectivity index (χ2n) is 3.25. The molecular weight excluding hydrogens is 275 g/mol. The summed E-state index contributed by atoms with van der Waals surface area (Å²) in [4.78, 5) is 10.2. The van der Waals surface area contributed by atoms with Gasteiger partial charge in [-0.1, -0.05) is 12.1 Å². The van der Waals surface area contributed by atoms with Crippen molar-refractivity contribution in [2.45, 2.75) is 26.7 Å². The van der Waals surface area contributed by atoms with Crippen LogP contribution in [0.3, 0.4) is 0 Å². The Morgan fingerprint density at radius 3 is 2.31 bits per heavy atom. The Morgan fingerprint density at radius 2 is 1.85 bits per heavy atom. The number of halogens is 1. The van der Waals surface area contributed by atoms with Gasteiger partial charge in [-0.05, 0) is 59.5 Å². The Kier molecular flexibility index (Phi) is 3.90. The fourth-order valence-corrected chi connectivity index (χ4v) is 1.72. The number of hydrogen-bond donors (Lipinski definition) is 0. The normalized spacial score (nSPS) is 10.1. The highest BCUT2D eigenvalue weighted by Gasteiger charge is 2.01. The Morgan fingerprint density at radius 1 is 1.31 bits per heavy atom. The molecule has 0 bridgehead atoms. The Hall–Kier alpha value is -0.380. The van der Waals surface area contributed by atoms with E-state index in [9.17, 15) is 4.79 Å². The number of aryl methyl sites for hydroxylation is 3. The first kappa shape index (κ1) is 10.7. The molecule has 0 aromatic heterocycles. The zero-order valence-corrected chi connectivity index (χ0v) is 10.1. The van der Waals surface area contributed by atoms with Crippen molar-refractivity contribution in [1.29, 1.82) is 0 Å². The predicted octanol–water partition coefficient (Wildman–Crippen LogP) is 3.04. The van der Waals surface area contributed by atoms with Gasteiger partial charge in [0.1, 0.15) is 6.29 Å². The van der Waals surface area contributed by atoms with Gasteiger partial charge >= 0.3 is 0 Å². The predicted molar refractivity (Wildman–Crippen MR) is 63.0 cm³/mol. The van der Waals surface area contributed by atoms with Gasteiger partial charge in [-0.15, -0.1) is 0 Å². The van der Waals surface area contributed by atoms with Gasteiger partial charge in [0.15, 0.2) is 0 Å². The molecule has 0 radical (unpaired) electrons. The summed E-state index contributed by atoms with van der Waals surface area (Å²) in [5, 5.41) is 0.